The highest BCUT2D eigenvalue weighted by Gasteiger charge is 2.14. The Morgan fingerprint density at radius 3 is 2.73 bits per heavy atom. The molecule has 112 valence electrons. The number of rotatable bonds is 4. The maximum Gasteiger partial charge on any atom is 0.251 e. The van der Waals surface area contributed by atoms with Gasteiger partial charge in [0.25, 0.3) is 5.91 Å². The molecular weight excluding hydrogens is 284 g/mol. The minimum atomic E-state index is -0.185. The molecule has 0 bridgehead atoms. The van der Waals surface area contributed by atoms with Gasteiger partial charge in [0.15, 0.2) is 5.69 Å². The van der Waals surface area contributed by atoms with Crippen molar-refractivity contribution in [3.05, 3.63) is 53.1 Å². The van der Waals surface area contributed by atoms with Crippen LogP contribution >= 0.6 is 0 Å². The first-order valence-corrected chi connectivity index (χ1v) is 6.73. The molecule has 0 unspecified atom stereocenters. The zero-order chi connectivity index (χ0) is 15.5. The SMILES string of the molecule is Cc1cc(-c2noc(CNC(=O)c3ccccc3C)n2)no1. The van der Waals surface area contributed by atoms with Gasteiger partial charge in [-0.25, -0.2) is 0 Å². The topological polar surface area (TPSA) is 94.1 Å². The van der Waals surface area contributed by atoms with Crippen LogP contribution in [0.15, 0.2) is 39.4 Å². The molecule has 0 saturated carbocycles. The molecule has 0 aliphatic rings. The van der Waals surface area contributed by atoms with Gasteiger partial charge in [0, 0.05) is 11.6 Å². The summed E-state index contributed by atoms with van der Waals surface area (Å²) in [5.74, 6) is 1.11. The summed E-state index contributed by atoms with van der Waals surface area (Å²) in [5.41, 5.74) is 2.02. The van der Waals surface area contributed by atoms with Crippen LogP contribution in [0.25, 0.3) is 11.5 Å². The molecule has 2 heterocycles. The van der Waals surface area contributed by atoms with Gasteiger partial charge in [0.05, 0.1) is 6.54 Å². The third-order valence-electron chi connectivity index (χ3n) is 3.12. The molecular formula is C15H14N4O3. The van der Waals surface area contributed by atoms with E-state index < -0.39 is 0 Å². The number of aromatic nitrogens is 3. The Balaban J connectivity index is 1.66. The van der Waals surface area contributed by atoms with Crippen molar-refractivity contribution >= 4 is 5.91 Å². The summed E-state index contributed by atoms with van der Waals surface area (Å²) in [6.07, 6.45) is 0. The Hall–Kier alpha value is -2.96. The predicted molar refractivity (Wildman–Crippen MR) is 76.9 cm³/mol. The molecule has 0 aliphatic carbocycles. The van der Waals surface area contributed by atoms with E-state index in [9.17, 15) is 4.79 Å². The van der Waals surface area contributed by atoms with E-state index >= 15 is 0 Å². The van der Waals surface area contributed by atoms with Gasteiger partial charge in [-0.05, 0) is 25.5 Å². The lowest BCUT2D eigenvalue weighted by atomic mass is 10.1. The van der Waals surface area contributed by atoms with Gasteiger partial charge < -0.3 is 14.4 Å². The van der Waals surface area contributed by atoms with Gasteiger partial charge in [0.2, 0.25) is 11.7 Å². The molecule has 3 aromatic rings. The Morgan fingerprint density at radius 2 is 2.00 bits per heavy atom. The van der Waals surface area contributed by atoms with Crippen molar-refractivity contribution in [2.24, 2.45) is 0 Å². The molecule has 1 N–H and O–H groups in total. The van der Waals surface area contributed by atoms with Gasteiger partial charge in [-0.1, -0.05) is 28.5 Å². The second-order valence-electron chi connectivity index (χ2n) is 4.83. The number of carbonyl (C=O) groups is 1. The standard InChI is InChI=1S/C15H14N4O3/c1-9-5-3-4-6-11(9)15(20)16-8-13-17-14(19-22-13)12-7-10(2)21-18-12/h3-7H,8H2,1-2H3,(H,16,20). The van der Waals surface area contributed by atoms with Crippen LogP contribution in [-0.2, 0) is 6.54 Å². The first kappa shape index (κ1) is 14.0. The molecule has 3 rings (SSSR count). The summed E-state index contributed by atoms with van der Waals surface area (Å²) >= 11 is 0. The average Bonchev–Trinajstić information content (AvgIpc) is 3.14. The fourth-order valence-electron chi connectivity index (χ4n) is 1.98. The second-order valence-corrected chi connectivity index (χ2v) is 4.83. The first-order chi connectivity index (χ1) is 10.6. The smallest absolute Gasteiger partial charge is 0.251 e. The molecule has 1 amide bonds. The van der Waals surface area contributed by atoms with Crippen molar-refractivity contribution < 1.29 is 13.8 Å². The van der Waals surface area contributed by atoms with Gasteiger partial charge in [-0.3, -0.25) is 4.79 Å². The minimum absolute atomic E-state index is 0.150. The number of benzene rings is 1. The lowest BCUT2D eigenvalue weighted by molar-refractivity contribution is 0.0945. The lowest BCUT2D eigenvalue weighted by Gasteiger charge is -2.04. The number of aryl methyl sites for hydroxylation is 2. The molecule has 2 aromatic heterocycles. The van der Waals surface area contributed by atoms with Crippen molar-refractivity contribution in [3.8, 4) is 11.5 Å². The van der Waals surface area contributed by atoms with Gasteiger partial charge >= 0.3 is 0 Å². The highest BCUT2D eigenvalue weighted by Crippen LogP contribution is 2.15. The lowest BCUT2D eigenvalue weighted by Crippen LogP contribution is -2.23. The Bertz CT molecular complexity index is 806. The van der Waals surface area contributed by atoms with Gasteiger partial charge in [-0.15, -0.1) is 0 Å². The number of nitrogens with one attached hydrogen (secondary N) is 1. The van der Waals surface area contributed by atoms with Gasteiger partial charge in [0.1, 0.15) is 5.76 Å². The van der Waals surface area contributed by atoms with Crippen molar-refractivity contribution in [2.75, 3.05) is 0 Å². The average molecular weight is 298 g/mol. The van der Waals surface area contributed by atoms with E-state index in [1.54, 1.807) is 19.1 Å². The van der Waals surface area contributed by atoms with Crippen LogP contribution in [-0.4, -0.2) is 21.2 Å². The van der Waals surface area contributed by atoms with Crippen LogP contribution in [0.3, 0.4) is 0 Å². The highest BCUT2D eigenvalue weighted by atomic mass is 16.5. The molecule has 0 saturated heterocycles. The first-order valence-electron chi connectivity index (χ1n) is 6.73. The third kappa shape index (κ3) is 2.88. The highest BCUT2D eigenvalue weighted by molar-refractivity contribution is 5.95. The number of hydrogen-bond donors (Lipinski definition) is 1. The fourth-order valence-corrected chi connectivity index (χ4v) is 1.98. The molecule has 0 radical (unpaired) electrons. The van der Waals surface area contributed by atoms with Crippen molar-refractivity contribution in [3.63, 3.8) is 0 Å². The van der Waals surface area contributed by atoms with Crippen LogP contribution in [0.5, 0.6) is 0 Å². The molecule has 0 spiro atoms. The number of nitrogens with zero attached hydrogens (tertiary/aromatic N) is 3. The molecule has 0 aliphatic heterocycles. The normalized spacial score (nSPS) is 10.6. The minimum Gasteiger partial charge on any atom is -0.361 e. The third-order valence-corrected chi connectivity index (χ3v) is 3.12. The van der Waals surface area contributed by atoms with Crippen LogP contribution < -0.4 is 5.32 Å². The summed E-state index contributed by atoms with van der Waals surface area (Å²) < 4.78 is 10.0. The summed E-state index contributed by atoms with van der Waals surface area (Å²) in [4.78, 5) is 16.3. The monoisotopic (exact) mass is 298 g/mol. The number of hydrogen-bond acceptors (Lipinski definition) is 6. The van der Waals surface area contributed by atoms with E-state index in [1.807, 2.05) is 25.1 Å². The Kier molecular flexibility index (Phi) is 3.69. The fraction of sp³-hybridized carbons (Fsp3) is 0.200. The summed E-state index contributed by atoms with van der Waals surface area (Å²) in [6, 6.07) is 9.06. The van der Waals surface area contributed by atoms with Crippen LogP contribution in [0.2, 0.25) is 0 Å². The maximum atomic E-state index is 12.1. The number of carbonyl (C=O) groups excluding carboxylic acids is 1. The summed E-state index contributed by atoms with van der Waals surface area (Å²) in [5, 5.41) is 10.4. The molecule has 22 heavy (non-hydrogen) atoms. The molecule has 0 fully saturated rings. The van der Waals surface area contributed by atoms with E-state index in [-0.39, 0.29) is 12.5 Å². The summed E-state index contributed by atoms with van der Waals surface area (Å²) in [7, 11) is 0. The zero-order valence-corrected chi connectivity index (χ0v) is 12.2. The Morgan fingerprint density at radius 1 is 1.18 bits per heavy atom. The molecule has 1 aromatic carbocycles. The van der Waals surface area contributed by atoms with Crippen LogP contribution in [0.4, 0.5) is 0 Å². The molecule has 7 nitrogen and oxygen atoms in total. The van der Waals surface area contributed by atoms with E-state index in [2.05, 4.69) is 20.6 Å². The predicted octanol–water partition coefficient (Wildman–Crippen LogP) is 2.27. The van der Waals surface area contributed by atoms with Crippen molar-refractivity contribution in [2.45, 2.75) is 20.4 Å². The molecule has 7 heteroatoms. The van der Waals surface area contributed by atoms with Crippen LogP contribution in [0.1, 0.15) is 27.6 Å². The zero-order valence-electron chi connectivity index (χ0n) is 12.2. The van der Waals surface area contributed by atoms with Crippen LogP contribution in [0, 0.1) is 13.8 Å². The second kappa shape index (κ2) is 5.80. The van der Waals surface area contributed by atoms with Gasteiger partial charge in [-0.2, -0.15) is 4.98 Å². The van der Waals surface area contributed by atoms with E-state index in [1.165, 1.54) is 0 Å². The van der Waals surface area contributed by atoms with E-state index in [4.69, 9.17) is 9.05 Å². The number of amides is 1. The van der Waals surface area contributed by atoms with Crippen molar-refractivity contribution in [1.29, 1.82) is 0 Å². The largest absolute Gasteiger partial charge is 0.361 e. The maximum absolute atomic E-state index is 12.1. The van der Waals surface area contributed by atoms with E-state index in [0.29, 0.717) is 28.7 Å². The molecule has 0 atom stereocenters. The van der Waals surface area contributed by atoms with E-state index in [0.717, 1.165) is 5.56 Å². The summed E-state index contributed by atoms with van der Waals surface area (Å²) in [6.45, 7) is 3.81. The van der Waals surface area contributed by atoms with Crippen molar-refractivity contribution in [1.82, 2.24) is 20.6 Å². The quantitative estimate of drug-likeness (QED) is 0.794. The Labute approximate surface area is 126 Å².